The van der Waals surface area contributed by atoms with E-state index in [4.69, 9.17) is 9.47 Å². The topological polar surface area (TPSA) is 59.1 Å². The van der Waals surface area contributed by atoms with Crippen molar-refractivity contribution >= 4 is 22.6 Å². The van der Waals surface area contributed by atoms with Gasteiger partial charge in [0.2, 0.25) is 5.91 Å². The molecule has 6 heteroatoms. The molecule has 0 bridgehead atoms. The van der Waals surface area contributed by atoms with Crippen molar-refractivity contribution in [1.82, 2.24) is 9.80 Å². The van der Waals surface area contributed by atoms with Gasteiger partial charge in [-0.05, 0) is 48.1 Å². The lowest BCUT2D eigenvalue weighted by Gasteiger charge is -2.34. The fourth-order valence-electron chi connectivity index (χ4n) is 4.56. The smallest absolute Gasteiger partial charge is 0.254 e. The highest BCUT2D eigenvalue weighted by molar-refractivity contribution is 6.08. The van der Waals surface area contributed by atoms with Crippen LogP contribution in [0, 0.1) is 5.92 Å². The number of ether oxygens (including phenoxy) is 2. The molecule has 1 saturated heterocycles. The van der Waals surface area contributed by atoms with Crippen molar-refractivity contribution in [2.45, 2.75) is 19.4 Å². The molecular formula is C27H30N2O4. The van der Waals surface area contributed by atoms with Crippen LogP contribution in [0.1, 0.15) is 28.8 Å². The van der Waals surface area contributed by atoms with E-state index in [1.807, 2.05) is 72.6 Å². The molecule has 6 nitrogen and oxygen atoms in total. The quantitative estimate of drug-likeness (QED) is 0.564. The normalized spacial score (nSPS) is 15.8. The average molecular weight is 447 g/mol. The first kappa shape index (κ1) is 22.6. The monoisotopic (exact) mass is 446 g/mol. The van der Waals surface area contributed by atoms with Gasteiger partial charge in [0.15, 0.2) is 0 Å². The van der Waals surface area contributed by atoms with E-state index in [0.29, 0.717) is 25.2 Å². The van der Waals surface area contributed by atoms with Crippen LogP contribution < -0.4 is 9.47 Å². The van der Waals surface area contributed by atoms with Gasteiger partial charge >= 0.3 is 0 Å². The van der Waals surface area contributed by atoms with Gasteiger partial charge in [-0.25, -0.2) is 0 Å². The molecule has 3 aromatic carbocycles. The molecule has 0 N–H and O–H groups in total. The van der Waals surface area contributed by atoms with E-state index in [-0.39, 0.29) is 17.7 Å². The Morgan fingerprint density at radius 2 is 1.70 bits per heavy atom. The fraction of sp³-hybridized carbons (Fsp3) is 0.333. The Bertz CT molecular complexity index is 1140. The third-order valence-corrected chi connectivity index (χ3v) is 6.35. The minimum absolute atomic E-state index is 0.0378. The maximum Gasteiger partial charge on any atom is 0.254 e. The predicted octanol–water partition coefficient (Wildman–Crippen LogP) is 4.37. The summed E-state index contributed by atoms with van der Waals surface area (Å²) >= 11 is 0. The van der Waals surface area contributed by atoms with Crippen LogP contribution in [0.15, 0.2) is 60.7 Å². The van der Waals surface area contributed by atoms with Crippen molar-refractivity contribution in [3.05, 3.63) is 71.8 Å². The summed E-state index contributed by atoms with van der Waals surface area (Å²) in [5, 5.41) is 1.78. The lowest BCUT2D eigenvalue weighted by atomic mass is 9.95. The van der Waals surface area contributed by atoms with Gasteiger partial charge in [-0.3, -0.25) is 9.59 Å². The first-order valence-corrected chi connectivity index (χ1v) is 11.2. The largest absolute Gasteiger partial charge is 0.497 e. The van der Waals surface area contributed by atoms with Crippen LogP contribution in [0.25, 0.3) is 10.8 Å². The summed E-state index contributed by atoms with van der Waals surface area (Å²) in [6, 6.07) is 19.2. The highest BCUT2D eigenvalue weighted by atomic mass is 16.5. The fourth-order valence-corrected chi connectivity index (χ4v) is 4.56. The summed E-state index contributed by atoms with van der Waals surface area (Å²) in [4.78, 5) is 30.2. The standard InChI is InChI=1S/C27H30N2O4/c1-28(17-19-10-12-21(32-2)13-11-19)26(30)20-7-6-16-29(18-20)27(31)24-14-15-25(33-3)23-9-5-4-8-22(23)24/h4-5,8-15,20H,6-7,16-18H2,1-3H3/t20-/m0/s1. The summed E-state index contributed by atoms with van der Waals surface area (Å²) in [5.74, 6) is 1.37. The number of likely N-dealkylation sites (tertiary alicyclic amines) is 1. The van der Waals surface area contributed by atoms with Crippen LogP contribution in [0.4, 0.5) is 0 Å². The average Bonchev–Trinajstić information content (AvgIpc) is 2.87. The van der Waals surface area contributed by atoms with Crippen molar-refractivity contribution in [1.29, 1.82) is 0 Å². The Balaban J connectivity index is 1.47. The highest BCUT2D eigenvalue weighted by Gasteiger charge is 2.31. The molecule has 1 aliphatic rings. The van der Waals surface area contributed by atoms with E-state index < -0.39 is 0 Å². The SMILES string of the molecule is COc1ccc(CN(C)C(=O)[C@H]2CCCN(C(=O)c3ccc(OC)c4ccccc34)C2)cc1. The first-order valence-electron chi connectivity index (χ1n) is 11.2. The molecule has 2 amide bonds. The maximum absolute atomic E-state index is 13.5. The maximum atomic E-state index is 13.5. The van der Waals surface area contributed by atoms with Crippen LogP contribution in [0.5, 0.6) is 11.5 Å². The van der Waals surface area contributed by atoms with Gasteiger partial charge in [0.1, 0.15) is 11.5 Å². The molecule has 172 valence electrons. The third-order valence-electron chi connectivity index (χ3n) is 6.35. The van der Waals surface area contributed by atoms with Crippen LogP contribution in [-0.2, 0) is 11.3 Å². The summed E-state index contributed by atoms with van der Waals surface area (Å²) in [7, 11) is 5.09. The molecule has 0 saturated carbocycles. The number of piperidine rings is 1. The molecule has 0 spiro atoms. The number of carbonyl (C=O) groups is 2. The number of amides is 2. The Kier molecular flexibility index (Phi) is 6.82. The molecule has 0 radical (unpaired) electrons. The van der Waals surface area contributed by atoms with Crippen LogP contribution in [0.3, 0.4) is 0 Å². The molecule has 3 aromatic rings. The minimum Gasteiger partial charge on any atom is -0.497 e. The number of carbonyl (C=O) groups excluding carboxylic acids is 2. The zero-order valence-electron chi connectivity index (χ0n) is 19.4. The van der Waals surface area contributed by atoms with Crippen molar-refractivity contribution in [2.75, 3.05) is 34.4 Å². The Labute approximate surface area is 194 Å². The Hall–Kier alpha value is -3.54. The second-order valence-corrected chi connectivity index (χ2v) is 8.49. The third kappa shape index (κ3) is 4.80. The summed E-state index contributed by atoms with van der Waals surface area (Å²) in [5.41, 5.74) is 1.69. The van der Waals surface area contributed by atoms with E-state index in [1.54, 1.807) is 19.1 Å². The first-order chi connectivity index (χ1) is 16.0. The molecule has 1 aliphatic heterocycles. The van der Waals surface area contributed by atoms with Crippen LogP contribution in [-0.4, -0.2) is 56.0 Å². The van der Waals surface area contributed by atoms with Gasteiger partial charge in [-0.2, -0.15) is 0 Å². The second kappa shape index (κ2) is 9.94. The molecule has 1 fully saturated rings. The molecule has 1 heterocycles. The zero-order valence-corrected chi connectivity index (χ0v) is 19.4. The molecule has 0 aromatic heterocycles. The van der Waals surface area contributed by atoms with Gasteiger partial charge in [0, 0.05) is 37.6 Å². The van der Waals surface area contributed by atoms with Gasteiger partial charge in [-0.1, -0.05) is 36.4 Å². The van der Waals surface area contributed by atoms with E-state index in [1.165, 1.54) is 0 Å². The number of rotatable bonds is 6. The molecule has 0 unspecified atom stereocenters. The van der Waals surface area contributed by atoms with Gasteiger partial charge in [0.05, 0.1) is 20.1 Å². The summed E-state index contributed by atoms with van der Waals surface area (Å²) in [6.07, 6.45) is 1.60. The number of hydrogen-bond acceptors (Lipinski definition) is 4. The second-order valence-electron chi connectivity index (χ2n) is 8.49. The van der Waals surface area contributed by atoms with Gasteiger partial charge in [0.25, 0.3) is 5.91 Å². The number of methoxy groups -OCH3 is 2. The van der Waals surface area contributed by atoms with E-state index >= 15 is 0 Å². The molecular weight excluding hydrogens is 416 g/mol. The van der Waals surface area contributed by atoms with Crippen molar-refractivity contribution in [3.8, 4) is 11.5 Å². The molecule has 33 heavy (non-hydrogen) atoms. The number of benzene rings is 3. The van der Waals surface area contributed by atoms with E-state index in [9.17, 15) is 9.59 Å². The molecule has 4 rings (SSSR count). The lowest BCUT2D eigenvalue weighted by Crippen LogP contribution is -2.45. The predicted molar refractivity (Wildman–Crippen MR) is 129 cm³/mol. The summed E-state index contributed by atoms with van der Waals surface area (Å²) < 4.78 is 10.7. The van der Waals surface area contributed by atoms with Gasteiger partial charge in [-0.15, -0.1) is 0 Å². The molecule has 1 atom stereocenters. The lowest BCUT2D eigenvalue weighted by molar-refractivity contribution is -0.136. The van der Waals surface area contributed by atoms with Gasteiger partial charge < -0.3 is 19.3 Å². The van der Waals surface area contributed by atoms with E-state index in [0.717, 1.165) is 40.7 Å². The van der Waals surface area contributed by atoms with Crippen molar-refractivity contribution < 1.29 is 19.1 Å². The number of nitrogens with zero attached hydrogens (tertiary/aromatic N) is 2. The number of fused-ring (bicyclic) bond motifs is 1. The van der Waals surface area contributed by atoms with Crippen LogP contribution >= 0.6 is 0 Å². The minimum atomic E-state index is -0.199. The highest BCUT2D eigenvalue weighted by Crippen LogP contribution is 2.30. The van der Waals surface area contributed by atoms with Crippen molar-refractivity contribution in [3.63, 3.8) is 0 Å². The van der Waals surface area contributed by atoms with Crippen molar-refractivity contribution in [2.24, 2.45) is 5.92 Å². The Morgan fingerprint density at radius 1 is 0.970 bits per heavy atom. The van der Waals surface area contributed by atoms with Crippen LogP contribution in [0.2, 0.25) is 0 Å². The summed E-state index contributed by atoms with van der Waals surface area (Å²) in [6.45, 7) is 1.62. The number of hydrogen-bond donors (Lipinski definition) is 0. The van der Waals surface area contributed by atoms with E-state index in [2.05, 4.69) is 0 Å². The zero-order chi connectivity index (χ0) is 23.4. The Morgan fingerprint density at radius 3 is 2.39 bits per heavy atom. The molecule has 0 aliphatic carbocycles.